The molecule has 7 nitrogen and oxygen atoms in total. The van der Waals surface area contributed by atoms with E-state index in [9.17, 15) is 8.42 Å². The number of aryl methyl sites for hydroxylation is 1. The average Bonchev–Trinajstić information content (AvgIpc) is 2.94. The summed E-state index contributed by atoms with van der Waals surface area (Å²) in [6, 6.07) is 6.72. The third kappa shape index (κ3) is 2.94. The highest BCUT2D eigenvalue weighted by Crippen LogP contribution is 2.22. The summed E-state index contributed by atoms with van der Waals surface area (Å²) in [5.74, 6) is 0.490. The van der Waals surface area contributed by atoms with Crippen LogP contribution in [0.25, 0.3) is 0 Å². The number of benzene rings is 1. The second-order valence-corrected chi connectivity index (χ2v) is 7.33. The zero-order valence-electron chi connectivity index (χ0n) is 11.9. The zero-order valence-corrected chi connectivity index (χ0v) is 13.5. The van der Waals surface area contributed by atoms with Crippen molar-refractivity contribution >= 4 is 27.6 Å². The normalized spacial score (nSPS) is 16.9. The van der Waals surface area contributed by atoms with Crippen LogP contribution in [0.5, 0.6) is 0 Å². The van der Waals surface area contributed by atoms with E-state index in [1.54, 1.807) is 25.1 Å². The molecule has 0 radical (unpaired) electrons. The van der Waals surface area contributed by atoms with Crippen molar-refractivity contribution in [3.8, 4) is 0 Å². The van der Waals surface area contributed by atoms with Crippen LogP contribution in [0.15, 0.2) is 33.6 Å². The molecule has 118 valence electrons. The van der Waals surface area contributed by atoms with E-state index >= 15 is 0 Å². The second kappa shape index (κ2) is 5.86. The third-order valence-corrected chi connectivity index (χ3v) is 5.59. The molecule has 0 atom stereocenters. The first-order valence-electron chi connectivity index (χ1n) is 6.77. The number of hydrogen-bond donors (Lipinski definition) is 0. The fourth-order valence-corrected chi connectivity index (χ4v) is 4.03. The van der Waals surface area contributed by atoms with Crippen molar-refractivity contribution in [1.82, 2.24) is 14.5 Å². The summed E-state index contributed by atoms with van der Waals surface area (Å²) >= 11 is 5.88. The summed E-state index contributed by atoms with van der Waals surface area (Å²) < 4.78 is 32.0. The van der Waals surface area contributed by atoms with Gasteiger partial charge in [-0.3, -0.25) is 0 Å². The maximum atomic E-state index is 12.6. The number of hydrogen-bond acceptors (Lipinski definition) is 6. The fraction of sp³-hybridized carbons (Fsp3) is 0.385. The lowest BCUT2D eigenvalue weighted by atomic mass is 10.4. The molecular weight excluding hydrogens is 328 g/mol. The molecule has 0 aliphatic carbocycles. The van der Waals surface area contributed by atoms with Crippen LogP contribution in [0, 0.1) is 6.92 Å². The Labute approximate surface area is 133 Å². The summed E-state index contributed by atoms with van der Waals surface area (Å²) in [6.45, 7) is 3.44. The van der Waals surface area contributed by atoms with Crippen molar-refractivity contribution in [2.75, 3.05) is 31.1 Å². The predicted octanol–water partition coefficient (Wildman–Crippen LogP) is 1.54. The van der Waals surface area contributed by atoms with Crippen LogP contribution in [0.4, 0.5) is 6.01 Å². The molecule has 1 aromatic heterocycles. The summed E-state index contributed by atoms with van der Waals surface area (Å²) in [4.78, 5) is 2.09. The smallest absolute Gasteiger partial charge is 0.318 e. The van der Waals surface area contributed by atoms with Gasteiger partial charge in [-0.15, -0.1) is 5.10 Å². The minimum absolute atomic E-state index is 0.210. The molecule has 0 unspecified atom stereocenters. The Bertz CT molecular complexity index is 769. The van der Waals surface area contributed by atoms with Crippen LogP contribution >= 0.6 is 11.6 Å². The van der Waals surface area contributed by atoms with Gasteiger partial charge in [0, 0.05) is 38.1 Å². The van der Waals surface area contributed by atoms with Crippen LogP contribution in [0.3, 0.4) is 0 Å². The molecule has 9 heteroatoms. The maximum absolute atomic E-state index is 12.6. The molecule has 1 aromatic carbocycles. The molecule has 3 rings (SSSR count). The highest BCUT2D eigenvalue weighted by atomic mass is 35.5. The lowest BCUT2D eigenvalue weighted by molar-refractivity contribution is 0.370. The van der Waals surface area contributed by atoms with Gasteiger partial charge in [0.15, 0.2) is 0 Å². The Balaban J connectivity index is 1.73. The van der Waals surface area contributed by atoms with Gasteiger partial charge in [-0.1, -0.05) is 22.8 Å². The number of anilines is 1. The number of rotatable bonds is 3. The first kappa shape index (κ1) is 15.3. The Kier molecular flexibility index (Phi) is 4.07. The largest absolute Gasteiger partial charge is 0.408 e. The lowest BCUT2D eigenvalue weighted by Crippen LogP contribution is -2.48. The Morgan fingerprint density at radius 2 is 1.91 bits per heavy atom. The quantitative estimate of drug-likeness (QED) is 0.841. The molecule has 0 amide bonds. The van der Waals surface area contributed by atoms with Gasteiger partial charge in [0.1, 0.15) is 0 Å². The summed E-state index contributed by atoms with van der Waals surface area (Å²) in [5.41, 5.74) is 0. The van der Waals surface area contributed by atoms with Gasteiger partial charge in [-0.2, -0.15) is 4.31 Å². The minimum Gasteiger partial charge on any atom is -0.408 e. The Morgan fingerprint density at radius 1 is 1.18 bits per heavy atom. The molecule has 0 N–H and O–H groups in total. The number of sulfonamides is 1. The van der Waals surface area contributed by atoms with E-state index in [0.717, 1.165) is 0 Å². The van der Waals surface area contributed by atoms with Crippen LogP contribution in [-0.4, -0.2) is 49.1 Å². The summed E-state index contributed by atoms with van der Waals surface area (Å²) in [6.07, 6.45) is 0. The van der Waals surface area contributed by atoms with Gasteiger partial charge in [-0.05, 0) is 18.2 Å². The van der Waals surface area contributed by atoms with Gasteiger partial charge in [0.25, 0.3) is 0 Å². The van der Waals surface area contributed by atoms with E-state index in [4.69, 9.17) is 16.0 Å². The van der Waals surface area contributed by atoms with E-state index in [0.29, 0.717) is 43.1 Å². The molecule has 1 aliphatic rings. The maximum Gasteiger partial charge on any atom is 0.318 e. The molecule has 1 saturated heterocycles. The molecule has 1 fully saturated rings. The highest BCUT2D eigenvalue weighted by Gasteiger charge is 2.30. The second-order valence-electron chi connectivity index (χ2n) is 4.95. The molecular formula is C13H15ClN4O3S. The number of aromatic nitrogens is 2. The van der Waals surface area contributed by atoms with E-state index in [1.807, 2.05) is 4.90 Å². The van der Waals surface area contributed by atoms with Gasteiger partial charge in [0.2, 0.25) is 15.9 Å². The van der Waals surface area contributed by atoms with Crippen LogP contribution in [0.1, 0.15) is 5.89 Å². The molecule has 0 spiro atoms. The van der Waals surface area contributed by atoms with Crippen molar-refractivity contribution in [2.24, 2.45) is 0 Å². The molecule has 0 bridgehead atoms. The standard InChI is InChI=1S/C13H15ClN4O3S/c1-10-15-16-13(21-10)17-5-7-18(8-6-17)22(19,20)12-4-2-3-11(14)9-12/h2-4,9H,5-8H2,1H3. The topological polar surface area (TPSA) is 79.5 Å². The first-order chi connectivity index (χ1) is 10.5. The van der Waals surface area contributed by atoms with Gasteiger partial charge >= 0.3 is 6.01 Å². The number of nitrogens with zero attached hydrogens (tertiary/aromatic N) is 4. The Morgan fingerprint density at radius 3 is 2.50 bits per heavy atom. The first-order valence-corrected chi connectivity index (χ1v) is 8.59. The van der Waals surface area contributed by atoms with E-state index in [1.165, 1.54) is 10.4 Å². The molecule has 22 heavy (non-hydrogen) atoms. The van der Waals surface area contributed by atoms with Crippen LogP contribution in [-0.2, 0) is 10.0 Å². The monoisotopic (exact) mass is 342 g/mol. The highest BCUT2D eigenvalue weighted by molar-refractivity contribution is 7.89. The van der Waals surface area contributed by atoms with Crippen molar-refractivity contribution in [2.45, 2.75) is 11.8 Å². The fourth-order valence-electron chi connectivity index (χ4n) is 2.31. The van der Waals surface area contributed by atoms with E-state index in [-0.39, 0.29) is 4.90 Å². The van der Waals surface area contributed by atoms with Gasteiger partial charge in [0.05, 0.1) is 4.90 Å². The molecule has 0 saturated carbocycles. The SMILES string of the molecule is Cc1nnc(N2CCN(S(=O)(=O)c3cccc(Cl)c3)CC2)o1. The number of halogens is 1. The zero-order chi connectivity index (χ0) is 15.7. The molecule has 2 aromatic rings. The van der Waals surface area contributed by atoms with E-state index < -0.39 is 10.0 Å². The lowest BCUT2D eigenvalue weighted by Gasteiger charge is -2.32. The third-order valence-electron chi connectivity index (χ3n) is 3.46. The van der Waals surface area contributed by atoms with Crippen molar-refractivity contribution in [3.05, 3.63) is 35.2 Å². The Hall–Kier alpha value is -1.64. The summed E-state index contributed by atoms with van der Waals surface area (Å²) in [7, 11) is -3.53. The van der Waals surface area contributed by atoms with Crippen molar-refractivity contribution in [1.29, 1.82) is 0 Å². The van der Waals surface area contributed by atoms with Gasteiger partial charge < -0.3 is 9.32 Å². The molecule has 2 heterocycles. The van der Waals surface area contributed by atoms with Crippen molar-refractivity contribution in [3.63, 3.8) is 0 Å². The summed E-state index contributed by atoms with van der Waals surface area (Å²) in [5, 5.41) is 8.14. The average molecular weight is 343 g/mol. The van der Waals surface area contributed by atoms with Crippen LogP contribution in [0.2, 0.25) is 5.02 Å². The van der Waals surface area contributed by atoms with Crippen LogP contribution < -0.4 is 4.90 Å². The number of piperazine rings is 1. The van der Waals surface area contributed by atoms with Gasteiger partial charge in [-0.25, -0.2) is 8.42 Å². The predicted molar refractivity (Wildman–Crippen MR) is 81.5 cm³/mol. The molecule has 1 aliphatic heterocycles. The minimum atomic E-state index is -3.53. The van der Waals surface area contributed by atoms with E-state index in [2.05, 4.69) is 10.2 Å². The van der Waals surface area contributed by atoms with Crippen molar-refractivity contribution < 1.29 is 12.8 Å².